The third-order valence-electron chi connectivity index (χ3n) is 5.17. The van der Waals surface area contributed by atoms with Crippen molar-refractivity contribution in [2.24, 2.45) is 11.3 Å². The summed E-state index contributed by atoms with van der Waals surface area (Å²) in [6.45, 7) is 8.23. The minimum absolute atomic E-state index is 0.251. The first-order valence-electron chi connectivity index (χ1n) is 6.84. The maximum absolute atomic E-state index is 10.2. The lowest BCUT2D eigenvalue weighted by Gasteiger charge is -2.47. The van der Waals surface area contributed by atoms with Crippen molar-refractivity contribution >= 4 is 0 Å². The van der Waals surface area contributed by atoms with Gasteiger partial charge in [0.05, 0.1) is 11.7 Å². The first-order chi connectivity index (χ1) is 7.74. The second kappa shape index (κ2) is 4.10. The van der Waals surface area contributed by atoms with Gasteiger partial charge in [-0.05, 0) is 69.8 Å². The zero-order valence-electron chi connectivity index (χ0n) is 11.6. The van der Waals surface area contributed by atoms with E-state index in [0.717, 1.165) is 32.1 Å². The number of hydrogen-bond donors (Lipinski definition) is 2. The van der Waals surface area contributed by atoms with Crippen LogP contribution in [-0.4, -0.2) is 21.9 Å². The van der Waals surface area contributed by atoms with Crippen LogP contribution in [0.1, 0.15) is 59.8 Å². The normalized spacial score (nSPS) is 39.2. The van der Waals surface area contributed by atoms with Crippen LogP contribution in [0.25, 0.3) is 0 Å². The summed E-state index contributed by atoms with van der Waals surface area (Å²) in [5.41, 5.74) is 2.28. The highest BCUT2D eigenvalue weighted by molar-refractivity contribution is 5.29. The molecule has 2 N–H and O–H groups in total. The predicted molar refractivity (Wildman–Crippen MR) is 69.7 cm³/mol. The molecule has 2 nitrogen and oxygen atoms in total. The average molecular weight is 238 g/mol. The van der Waals surface area contributed by atoms with Crippen molar-refractivity contribution in [2.75, 3.05) is 0 Å². The Kier molecular flexibility index (Phi) is 3.16. The maximum atomic E-state index is 10.2. The maximum Gasteiger partial charge on any atom is 0.0750 e. The monoisotopic (exact) mass is 238 g/mol. The molecule has 0 spiro atoms. The Balaban J connectivity index is 2.29. The molecule has 1 fully saturated rings. The topological polar surface area (TPSA) is 40.5 Å². The molecule has 0 aromatic rings. The van der Waals surface area contributed by atoms with Gasteiger partial charge in [-0.2, -0.15) is 0 Å². The lowest BCUT2D eigenvalue weighted by atomic mass is 9.59. The van der Waals surface area contributed by atoms with Crippen LogP contribution in [0.2, 0.25) is 0 Å². The van der Waals surface area contributed by atoms with Gasteiger partial charge in [-0.15, -0.1) is 0 Å². The highest BCUT2D eigenvalue weighted by Crippen LogP contribution is 2.52. The number of aliphatic hydroxyl groups is 2. The summed E-state index contributed by atoms with van der Waals surface area (Å²) in [5, 5.41) is 20.2. The van der Waals surface area contributed by atoms with Crippen molar-refractivity contribution in [3.05, 3.63) is 11.1 Å². The van der Waals surface area contributed by atoms with Crippen LogP contribution in [0.3, 0.4) is 0 Å². The van der Waals surface area contributed by atoms with Crippen molar-refractivity contribution in [2.45, 2.75) is 71.5 Å². The van der Waals surface area contributed by atoms with Crippen LogP contribution in [-0.2, 0) is 0 Å². The van der Waals surface area contributed by atoms with E-state index in [0.29, 0.717) is 5.92 Å². The van der Waals surface area contributed by atoms with Crippen molar-refractivity contribution in [1.29, 1.82) is 0 Å². The van der Waals surface area contributed by atoms with E-state index >= 15 is 0 Å². The molecule has 2 heteroatoms. The molecule has 0 heterocycles. The standard InChI is InChI=1S/C15H26O2/c1-10-12-9-11(14(2,3)17)5-7-15(12,4)8-6-13(10)16/h11,13,16-17H,5-9H2,1-4H3. The Labute approximate surface area is 105 Å². The van der Waals surface area contributed by atoms with Crippen LogP contribution in [0.4, 0.5) is 0 Å². The number of rotatable bonds is 1. The van der Waals surface area contributed by atoms with Crippen molar-refractivity contribution in [3.8, 4) is 0 Å². The van der Waals surface area contributed by atoms with Crippen LogP contribution >= 0.6 is 0 Å². The molecular weight excluding hydrogens is 212 g/mol. The molecule has 3 atom stereocenters. The van der Waals surface area contributed by atoms with Crippen molar-refractivity contribution in [1.82, 2.24) is 0 Å². The minimum atomic E-state index is -0.600. The zero-order valence-corrected chi connectivity index (χ0v) is 11.6. The van der Waals surface area contributed by atoms with Gasteiger partial charge < -0.3 is 10.2 Å². The molecule has 2 aliphatic carbocycles. The highest BCUT2D eigenvalue weighted by Gasteiger charge is 2.43. The number of hydrogen-bond acceptors (Lipinski definition) is 2. The first-order valence-corrected chi connectivity index (χ1v) is 6.84. The zero-order chi connectivity index (χ0) is 12.8. The van der Waals surface area contributed by atoms with E-state index < -0.39 is 5.60 Å². The van der Waals surface area contributed by atoms with Crippen molar-refractivity contribution < 1.29 is 10.2 Å². The van der Waals surface area contributed by atoms with Crippen LogP contribution in [0.15, 0.2) is 11.1 Å². The summed E-state index contributed by atoms with van der Waals surface area (Å²) >= 11 is 0. The minimum Gasteiger partial charge on any atom is -0.390 e. The molecule has 0 saturated heterocycles. The summed E-state index contributed by atoms with van der Waals surface area (Å²) in [6, 6.07) is 0. The third-order valence-corrected chi connectivity index (χ3v) is 5.17. The van der Waals surface area contributed by atoms with E-state index in [9.17, 15) is 10.2 Å². The van der Waals surface area contributed by atoms with Crippen LogP contribution in [0.5, 0.6) is 0 Å². The largest absolute Gasteiger partial charge is 0.390 e. The summed E-state index contributed by atoms with van der Waals surface area (Å²) in [7, 11) is 0. The van der Waals surface area contributed by atoms with E-state index in [1.807, 2.05) is 13.8 Å². The fourth-order valence-electron chi connectivity index (χ4n) is 3.63. The smallest absolute Gasteiger partial charge is 0.0750 e. The van der Waals surface area contributed by atoms with Gasteiger partial charge in [0.25, 0.3) is 0 Å². The van der Waals surface area contributed by atoms with E-state index in [-0.39, 0.29) is 11.5 Å². The third kappa shape index (κ3) is 2.30. The fourth-order valence-corrected chi connectivity index (χ4v) is 3.63. The number of fused-ring (bicyclic) bond motifs is 1. The summed E-state index contributed by atoms with van der Waals surface area (Å²) in [5.74, 6) is 0.339. The molecule has 3 unspecified atom stereocenters. The molecule has 2 rings (SSSR count). The molecule has 0 bridgehead atoms. The van der Waals surface area contributed by atoms with Crippen LogP contribution < -0.4 is 0 Å². The predicted octanol–water partition coefficient (Wildman–Crippen LogP) is 3.03. The molecule has 0 radical (unpaired) electrons. The molecule has 17 heavy (non-hydrogen) atoms. The molecule has 1 saturated carbocycles. The van der Waals surface area contributed by atoms with Gasteiger partial charge >= 0.3 is 0 Å². The molecular formula is C15H26O2. The Morgan fingerprint density at radius 1 is 1.24 bits per heavy atom. The molecule has 0 amide bonds. The van der Waals surface area contributed by atoms with Gasteiger partial charge in [0.2, 0.25) is 0 Å². The van der Waals surface area contributed by atoms with Gasteiger partial charge in [0, 0.05) is 0 Å². The average Bonchev–Trinajstić information content (AvgIpc) is 2.22. The van der Waals surface area contributed by atoms with Gasteiger partial charge in [-0.1, -0.05) is 12.5 Å². The van der Waals surface area contributed by atoms with Crippen molar-refractivity contribution in [3.63, 3.8) is 0 Å². The first kappa shape index (κ1) is 13.1. The molecule has 2 aliphatic rings. The Morgan fingerprint density at radius 3 is 2.41 bits per heavy atom. The lowest BCUT2D eigenvalue weighted by molar-refractivity contribution is -0.00731. The SMILES string of the molecule is CC1=C2CC(C(C)(C)O)CCC2(C)CCC1O. The van der Waals surface area contributed by atoms with Gasteiger partial charge in [-0.25, -0.2) is 0 Å². The Hall–Kier alpha value is -0.340. The van der Waals surface area contributed by atoms with E-state index in [4.69, 9.17) is 0 Å². The van der Waals surface area contributed by atoms with Crippen LogP contribution in [0, 0.1) is 11.3 Å². The second-order valence-corrected chi connectivity index (χ2v) is 6.87. The van der Waals surface area contributed by atoms with Gasteiger partial charge in [0.15, 0.2) is 0 Å². The van der Waals surface area contributed by atoms with E-state index in [1.165, 1.54) is 11.1 Å². The summed E-state index contributed by atoms with van der Waals surface area (Å²) < 4.78 is 0. The molecule has 0 aliphatic heterocycles. The second-order valence-electron chi connectivity index (χ2n) is 6.87. The molecule has 0 aromatic heterocycles. The lowest BCUT2D eigenvalue weighted by Crippen LogP contribution is -2.41. The quantitative estimate of drug-likeness (QED) is 0.689. The fraction of sp³-hybridized carbons (Fsp3) is 0.867. The van der Waals surface area contributed by atoms with Gasteiger partial charge in [0.1, 0.15) is 0 Å². The van der Waals surface area contributed by atoms with Gasteiger partial charge in [-0.3, -0.25) is 0 Å². The summed E-state index contributed by atoms with van der Waals surface area (Å²) in [4.78, 5) is 0. The Bertz CT molecular complexity index is 337. The highest BCUT2D eigenvalue weighted by atomic mass is 16.3. The summed E-state index contributed by atoms with van der Waals surface area (Å²) in [6.07, 6.45) is 4.97. The number of allylic oxidation sites excluding steroid dienone is 1. The Morgan fingerprint density at radius 2 is 1.82 bits per heavy atom. The number of aliphatic hydroxyl groups excluding tert-OH is 1. The molecule has 0 aromatic carbocycles. The molecule has 98 valence electrons. The van der Waals surface area contributed by atoms with E-state index in [2.05, 4.69) is 13.8 Å². The van der Waals surface area contributed by atoms with E-state index in [1.54, 1.807) is 0 Å².